The van der Waals surface area contributed by atoms with Crippen LogP contribution in [0, 0.1) is 5.82 Å². The molecule has 0 aromatic heterocycles. The maximum atomic E-state index is 14.5. The summed E-state index contributed by atoms with van der Waals surface area (Å²) < 4.78 is 14.5. The van der Waals surface area contributed by atoms with Gasteiger partial charge in [0.1, 0.15) is 11.5 Å². The molecule has 1 unspecified atom stereocenters. The van der Waals surface area contributed by atoms with E-state index in [0.29, 0.717) is 22.5 Å². The van der Waals surface area contributed by atoms with Gasteiger partial charge in [0.05, 0.1) is 10.3 Å². The number of nitrogens with one attached hydrogen (secondary N) is 3. The van der Waals surface area contributed by atoms with Gasteiger partial charge in [-0.25, -0.2) is 4.39 Å². The van der Waals surface area contributed by atoms with Gasteiger partial charge in [0.15, 0.2) is 0 Å². The fraction of sp³-hybridized carbons (Fsp3) is 0.0625. The van der Waals surface area contributed by atoms with Gasteiger partial charge in [-0.2, -0.15) is 0 Å². The van der Waals surface area contributed by atoms with Crippen molar-refractivity contribution in [3.63, 3.8) is 0 Å². The first kappa shape index (κ1) is 31.0. The Hall–Kier alpha value is -4.93. The van der Waals surface area contributed by atoms with E-state index in [9.17, 15) is 23.6 Å². The number of primary amides is 1. The molecule has 0 aliphatic carbocycles. The molecule has 0 fully saturated rings. The Morgan fingerprint density at radius 3 is 2.07 bits per heavy atom. The highest BCUT2D eigenvalue weighted by Gasteiger charge is 2.18. The molecule has 0 aliphatic rings. The molecule has 5 N–H and O–H groups in total. The number of benzene rings is 4. The SMILES string of the molecule is CC(Sc1ccc(NC(=O)/C(=C/c2c(F)cccc2Cl)NC(=O)c2ccccc2)cc1)C(=O)Nc1ccc(C(N)=O)cc1. The smallest absolute Gasteiger partial charge is 0.272 e. The van der Waals surface area contributed by atoms with E-state index in [1.165, 1.54) is 48.2 Å². The highest BCUT2D eigenvalue weighted by molar-refractivity contribution is 8.00. The predicted molar refractivity (Wildman–Crippen MR) is 167 cm³/mol. The maximum absolute atomic E-state index is 14.5. The van der Waals surface area contributed by atoms with Crippen molar-refractivity contribution >= 4 is 64.4 Å². The first-order valence-electron chi connectivity index (χ1n) is 12.9. The second-order valence-corrected chi connectivity index (χ2v) is 11.0. The lowest BCUT2D eigenvalue weighted by Gasteiger charge is -2.14. The molecular weight excluding hydrogens is 591 g/mol. The van der Waals surface area contributed by atoms with Gasteiger partial charge in [0, 0.05) is 33.0 Å². The standard InChI is InChI=1S/C32H26ClFN4O4S/c1-19(30(40)36-22-12-10-20(11-13-22)29(35)39)43-24-16-14-23(15-17-24)37-32(42)28(18-25-26(33)8-5-9-27(25)34)38-31(41)21-6-3-2-4-7-21/h2-19H,1H3,(H2,35,39)(H,36,40)(H,37,42)(H,38,41)/b28-18-. The van der Waals surface area contributed by atoms with Crippen molar-refractivity contribution in [1.29, 1.82) is 0 Å². The number of halogens is 2. The van der Waals surface area contributed by atoms with Crippen molar-refractivity contribution in [2.24, 2.45) is 5.73 Å². The van der Waals surface area contributed by atoms with Gasteiger partial charge in [-0.3, -0.25) is 19.2 Å². The van der Waals surface area contributed by atoms with E-state index in [-0.39, 0.29) is 22.2 Å². The molecule has 1 atom stereocenters. The molecule has 0 spiro atoms. The van der Waals surface area contributed by atoms with E-state index in [1.54, 1.807) is 73.7 Å². The average Bonchev–Trinajstić information content (AvgIpc) is 3.00. The van der Waals surface area contributed by atoms with Crippen molar-refractivity contribution in [3.05, 3.63) is 130 Å². The molecule has 4 rings (SSSR count). The van der Waals surface area contributed by atoms with Gasteiger partial charge in [-0.15, -0.1) is 11.8 Å². The van der Waals surface area contributed by atoms with Crippen LogP contribution in [0.4, 0.5) is 15.8 Å². The number of rotatable bonds is 10. The van der Waals surface area contributed by atoms with Crippen molar-refractivity contribution in [2.75, 3.05) is 10.6 Å². The minimum absolute atomic E-state index is 0.0505. The van der Waals surface area contributed by atoms with E-state index in [1.807, 2.05) is 0 Å². The molecule has 43 heavy (non-hydrogen) atoms. The van der Waals surface area contributed by atoms with Crippen LogP contribution in [0.5, 0.6) is 0 Å². The van der Waals surface area contributed by atoms with Gasteiger partial charge in [-0.1, -0.05) is 35.9 Å². The van der Waals surface area contributed by atoms with E-state index < -0.39 is 28.8 Å². The van der Waals surface area contributed by atoms with Crippen molar-refractivity contribution < 1.29 is 23.6 Å². The fourth-order valence-electron chi connectivity index (χ4n) is 3.77. The summed E-state index contributed by atoms with van der Waals surface area (Å²) in [5.74, 6) is -2.71. The largest absolute Gasteiger partial charge is 0.366 e. The number of nitrogens with two attached hydrogens (primary N) is 1. The second-order valence-electron chi connectivity index (χ2n) is 9.18. The fourth-order valence-corrected chi connectivity index (χ4v) is 4.85. The van der Waals surface area contributed by atoms with Crippen LogP contribution in [-0.4, -0.2) is 28.9 Å². The lowest BCUT2D eigenvalue weighted by molar-refractivity contribution is -0.115. The number of hydrogen-bond donors (Lipinski definition) is 4. The monoisotopic (exact) mass is 616 g/mol. The predicted octanol–water partition coefficient (Wildman–Crippen LogP) is 6.11. The first-order chi connectivity index (χ1) is 20.6. The van der Waals surface area contributed by atoms with Gasteiger partial charge in [0.25, 0.3) is 11.8 Å². The normalized spacial score (nSPS) is 11.7. The molecular formula is C32H26ClFN4O4S. The molecule has 0 aliphatic heterocycles. The summed E-state index contributed by atoms with van der Waals surface area (Å²) in [7, 11) is 0. The molecule has 0 radical (unpaired) electrons. The number of thioether (sulfide) groups is 1. The van der Waals surface area contributed by atoms with Crippen LogP contribution in [-0.2, 0) is 9.59 Å². The quantitative estimate of drug-likeness (QED) is 0.126. The lowest BCUT2D eigenvalue weighted by atomic mass is 10.1. The van der Waals surface area contributed by atoms with E-state index in [4.69, 9.17) is 17.3 Å². The number of hydrogen-bond acceptors (Lipinski definition) is 5. The summed E-state index contributed by atoms with van der Waals surface area (Å²) >= 11 is 7.46. The third-order valence-corrected chi connectivity index (χ3v) is 7.49. The Kier molecular flexibility index (Phi) is 10.3. The minimum Gasteiger partial charge on any atom is -0.366 e. The topological polar surface area (TPSA) is 130 Å². The molecule has 0 bridgehead atoms. The van der Waals surface area contributed by atoms with Crippen LogP contribution in [0.2, 0.25) is 5.02 Å². The zero-order valence-electron chi connectivity index (χ0n) is 22.8. The summed E-state index contributed by atoms with van der Waals surface area (Å²) in [5.41, 5.74) is 6.56. The molecule has 0 saturated heterocycles. The third kappa shape index (κ3) is 8.54. The maximum Gasteiger partial charge on any atom is 0.272 e. The number of amides is 4. The van der Waals surface area contributed by atoms with Gasteiger partial charge < -0.3 is 21.7 Å². The molecule has 218 valence electrons. The summed E-state index contributed by atoms with van der Waals surface area (Å²) in [6, 6.07) is 25.4. The number of carbonyl (C=O) groups excluding carboxylic acids is 4. The van der Waals surface area contributed by atoms with Crippen LogP contribution in [0.3, 0.4) is 0 Å². The molecule has 8 nitrogen and oxygen atoms in total. The Morgan fingerprint density at radius 1 is 0.814 bits per heavy atom. The summed E-state index contributed by atoms with van der Waals surface area (Å²) in [4.78, 5) is 50.7. The Morgan fingerprint density at radius 2 is 1.44 bits per heavy atom. The second kappa shape index (κ2) is 14.3. The average molecular weight is 617 g/mol. The zero-order valence-corrected chi connectivity index (χ0v) is 24.3. The lowest BCUT2D eigenvalue weighted by Crippen LogP contribution is -2.30. The molecule has 11 heteroatoms. The van der Waals surface area contributed by atoms with Crippen LogP contribution in [0.15, 0.2) is 108 Å². The number of carbonyl (C=O) groups is 4. The van der Waals surface area contributed by atoms with Crippen LogP contribution in [0.1, 0.15) is 33.2 Å². The molecule has 4 aromatic carbocycles. The minimum atomic E-state index is -0.695. The Labute approximate surface area is 256 Å². The van der Waals surface area contributed by atoms with E-state index in [0.717, 1.165) is 4.90 Å². The molecule has 0 saturated carbocycles. The van der Waals surface area contributed by atoms with Crippen molar-refractivity contribution in [3.8, 4) is 0 Å². The van der Waals surface area contributed by atoms with Gasteiger partial charge >= 0.3 is 0 Å². The Balaban J connectivity index is 1.44. The van der Waals surface area contributed by atoms with E-state index in [2.05, 4.69) is 16.0 Å². The molecule has 4 amide bonds. The highest BCUT2D eigenvalue weighted by Crippen LogP contribution is 2.26. The molecule has 0 heterocycles. The van der Waals surface area contributed by atoms with Crippen molar-refractivity contribution in [2.45, 2.75) is 17.1 Å². The van der Waals surface area contributed by atoms with Gasteiger partial charge in [0.2, 0.25) is 11.8 Å². The summed E-state index contributed by atoms with van der Waals surface area (Å²) in [5, 5.41) is 7.64. The van der Waals surface area contributed by atoms with Crippen molar-refractivity contribution in [1.82, 2.24) is 5.32 Å². The molecule has 4 aromatic rings. The Bertz CT molecular complexity index is 1660. The van der Waals surface area contributed by atoms with Crippen LogP contribution in [0.25, 0.3) is 6.08 Å². The summed E-state index contributed by atoms with van der Waals surface area (Å²) in [6.07, 6.45) is 1.18. The van der Waals surface area contributed by atoms with Crippen LogP contribution >= 0.6 is 23.4 Å². The van der Waals surface area contributed by atoms with Gasteiger partial charge in [-0.05, 0) is 85.8 Å². The van der Waals surface area contributed by atoms with Crippen LogP contribution < -0.4 is 21.7 Å². The van der Waals surface area contributed by atoms with E-state index >= 15 is 0 Å². The third-order valence-electron chi connectivity index (χ3n) is 6.05. The highest BCUT2D eigenvalue weighted by atomic mass is 35.5. The first-order valence-corrected chi connectivity index (χ1v) is 14.2. The zero-order chi connectivity index (χ0) is 30.9. The summed E-state index contributed by atoms with van der Waals surface area (Å²) in [6.45, 7) is 1.74. The number of anilines is 2.